The first-order chi connectivity index (χ1) is 8.65. The molecule has 0 spiro atoms. The van der Waals surface area contributed by atoms with E-state index >= 15 is 0 Å². The fourth-order valence-electron chi connectivity index (χ4n) is 3.88. The molecule has 2 saturated carbocycles. The van der Waals surface area contributed by atoms with Crippen LogP contribution in [0.15, 0.2) is 0 Å². The summed E-state index contributed by atoms with van der Waals surface area (Å²) in [5.74, 6) is 0.907. The zero-order chi connectivity index (χ0) is 13.0. The maximum absolute atomic E-state index is 11.5. The van der Waals surface area contributed by atoms with Gasteiger partial charge in [0.05, 0.1) is 0 Å². The van der Waals surface area contributed by atoms with Crippen LogP contribution < -0.4 is 0 Å². The normalized spacial score (nSPS) is 32.4. The fourth-order valence-corrected chi connectivity index (χ4v) is 3.88. The van der Waals surface area contributed by atoms with Crippen LogP contribution in [-0.4, -0.2) is 30.8 Å². The van der Waals surface area contributed by atoms with Crippen LogP contribution in [0.4, 0.5) is 0 Å². The molecule has 0 bridgehead atoms. The van der Waals surface area contributed by atoms with Gasteiger partial charge in [0.15, 0.2) is 0 Å². The molecule has 2 heteroatoms. The minimum absolute atomic E-state index is 0.0178. The van der Waals surface area contributed by atoms with Crippen LogP contribution in [0, 0.1) is 11.3 Å². The highest BCUT2D eigenvalue weighted by Gasteiger charge is 2.34. The minimum atomic E-state index is -0.0178. The Balaban J connectivity index is 1.88. The van der Waals surface area contributed by atoms with E-state index in [1.807, 2.05) is 0 Å². The molecule has 0 heterocycles. The van der Waals surface area contributed by atoms with Crippen LogP contribution in [0.2, 0.25) is 0 Å². The van der Waals surface area contributed by atoms with Gasteiger partial charge in [-0.05, 0) is 51.5 Å². The number of carbonyl (C=O) groups is 1. The molecule has 0 aromatic heterocycles. The summed E-state index contributed by atoms with van der Waals surface area (Å²) in [6, 6.07) is 0.722. The van der Waals surface area contributed by atoms with Crippen molar-refractivity contribution in [1.82, 2.24) is 4.90 Å². The summed E-state index contributed by atoms with van der Waals surface area (Å²) in [6.07, 6.45) is 12.7. The van der Waals surface area contributed by atoms with E-state index in [1.54, 1.807) is 0 Å². The first-order valence-corrected chi connectivity index (χ1v) is 7.82. The highest BCUT2D eigenvalue weighted by atomic mass is 16.1. The highest BCUT2D eigenvalue weighted by Crippen LogP contribution is 2.36. The second-order valence-corrected chi connectivity index (χ2v) is 6.87. The van der Waals surface area contributed by atoms with E-state index in [0.29, 0.717) is 0 Å². The average molecular weight is 251 g/mol. The molecular weight excluding hydrogens is 222 g/mol. The summed E-state index contributed by atoms with van der Waals surface area (Å²) in [5.41, 5.74) is -0.0178. The van der Waals surface area contributed by atoms with E-state index in [4.69, 9.17) is 0 Å². The van der Waals surface area contributed by atoms with E-state index in [0.717, 1.165) is 31.3 Å². The predicted octanol–water partition coefficient (Wildman–Crippen LogP) is 3.65. The molecule has 0 aromatic carbocycles. The molecule has 18 heavy (non-hydrogen) atoms. The smallest absolute Gasteiger partial charge is 0.127 e. The number of hydrogen-bond acceptors (Lipinski definition) is 2. The van der Waals surface area contributed by atoms with Crippen molar-refractivity contribution in [3.8, 4) is 0 Å². The Morgan fingerprint density at radius 2 is 1.72 bits per heavy atom. The van der Waals surface area contributed by atoms with Crippen molar-refractivity contribution in [2.75, 3.05) is 13.6 Å². The van der Waals surface area contributed by atoms with Crippen LogP contribution in [-0.2, 0) is 4.79 Å². The summed E-state index contributed by atoms with van der Waals surface area (Å²) < 4.78 is 0. The van der Waals surface area contributed by atoms with E-state index in [1.165, 1.54) is 51.2 Å². The quantitative estimate of drug-likeness (QED) is 0.711. The third-order valence-electron chi connectivity index (χ3n) is 5.27. The minimum Gasteiger partial charge on any atom is -0.303 e. The summed E-state index contributed by atoms with van der Waals surface area (Å²) in [5, 5.41) is 0. The molecule has 2 fully saturated rings. The Morgan fingerprint density at radius 3 is 2.28 bits per heavy atom. The Morgan fingerprint density at radius 1 is 1.11 bits per heavy atom. The first-order valence-electron chi connectivity index (χ1n) is 7.82. The number of carbonyl (C=O) groups excluding carboxylic acids is 1. The van der Waals surface area contributed by atoms with E-state index < -0.39 is 0 Å². The molecule has 0 aliphatic heterocycles. The number of hydrogen-bond donors (Lipinski definition) is 0. The summed E-state index contributed by atoms with van der Waals surface area (Å²) >= 11 is 0. The summed E-state index contributed by atoms with van der Waals surface area (Å²) in [6.45, 7) is 3.36. The van der Waals surface area contributed by atoms with E-state index in [2.05, 4.69) is 18.9 Å². The van der Waals surface area contributed by atoms with Crippen LogP contribution in [0.5, 0.6) is 0 Å². The van der Waals surface area contributed by atoms with Crippen molar-refractivity contribution in [3.63, 3.8) is 0 Å². The second kappa shape index (κ2) is 6.18. The van der Waals surface area contributed by atoms with Crippen molar-refractivity contribution in [2.24, 2.45) is 11.3 Å². The van der Waals surface area contributed by atoms with Gasteiger partial charge in [-0.15, -0.1) is 0 Å². The zero-order valence-corrected chi connectivity index (χ0v) is 12.2. The molecule has 2 nitrogen and oxygen atoms in total. The van der Waals surface area contributed by atoms with E-state index in [-0.39, 0.29) is 5.41 Å². The second-order valence-electron chi connectivity index (χ2n) is 6.87. The largest absolute Gasteiger partial charge is 0.303 e. The van der Waals surface area contributed by atoms with Gasteiger partial charge in [-0.3, -0.25) is 0 Å². The van der Waals surface area contributed by atoms with Gasteiger partial charge in [0, 0.05) is 18.0 Å². The monoisotopic (exact) mass is 251 g/mol. The number of aldehydes is 1. The lowest BCUT2D eigenvalue weighted by Gasteiger charge is -2.40. The lowest BCUT2D eigenvalue weighted by atomic mass is 9.74. The molecule has 0 amide bonds. The lowest BCUT2D eigenvalue weighted by Crippen LogP contribution is -2.44. The van der Waals surface area contributed by atoms with Crippen LogP contribution in [0.1, 0.15) is 64.7 Å². The van der Waals surface area contributed by atoms with Gasteiger partial charge in [-0.2, -0.15) is 0 Å². The Kier molecular flexibility index (Phi) is 4.83. The van der Waals surface area contributed by atoms with Gasteiger partial charge in [-0.1, -0.05) is 26.2 Å². The van der Waals surface area contributed by atoms with Crippen molar-refractivity contribution < 1.29 is 4.79 Å². The van der Waals surface area contributed by atoms with E-state index in [9.17, 15) is 4.79 Å². The molecule has 0 aromatic rings. The van der Waals surface area contributed by atoms with Crippen molar-refractivity contribution >= 4 is 6.29 Å². The van der Waals surface area contributed by atoms with Gasteiger partial charge >= 0.3 is 0 Å². The van der Waals surface area contributed by atoms with Crippen molar-refractivity contribution in [1.29, 1.82) is 0 Å². The number of rotatable bonds is 4. The molecular formula is C16H29NO. The Bertz CT molecular complexity index is 262. The highest BCUT2D eigenvalue weighted by molar-refractivity contribution is 5.60. The maximum Gasteiger partial charge on any atom is 0.127 e. The molecule has 0 radical (unpaired) electrons. The molecule has 2 aliphatic rings. The van der Waals surface area contributed by atoms with Crippen molar-refractivity contribution in [2.45, 2.75) is 70.8 Å². The molecule has 2 aliphatic carbocycles. The Labute approximate surface area is 112 Å². The molecule has 0 unspecified atom stereocenters. The SMILES string of the molecule is CC1CCC(N(C)CC2(C=O)CCCCC2)CC1. The van der Waals surface area contributed by atoms with Crippen LogP contribution in [0.25, 0.3) is 0 Å². The predicted molar refractivity (Wildman–Crippen MR) is 75.6 cm³/mol. The summed E-state index contributed by atoms with van der Waals surface area (Å²) in [7, 11) is 2.24. The maximum atomic E-state index is 11.5. The van der Waals surface area contributed by atoms with Gasteiger partial charge in [0.25, 0.3) is 0 Å². The lowest BCUT2D eigenvalue weighted by molar-refractivity contribution is -0.119. The zero-order valence-electron chi connectivity index (χ0n) is 12.2. The third-order valence-corrected chi connectivity index (χ3v) is 5.27. The van der Waals surface area contributed by atoms with Crippen LogP contribution in [0.3, 0.4) is 0 Å². The van der Waals surface area contributed by atoms with Crippen LogP contribution >= 0.6 is 0 Å². The first kappa shape index (κ1) is 14.0. The standard InChI is InChI=1S/C16H29NO/c1-14-6-8-15(9-7-14)17(2)12-16(13-18)10-4-3-5-11-16/h13-15H,3-12H2,1-2H3. The van der Waals surface area contributed by atoms with Crippen molar-refractivity contribution in [3.05, 3.63) is 0 Å². The van der Waals surface area contributed by atoms with Gasteiger partial charge in [0.2, 0.25) is 0 Å². The third kappa shape index (κ3) is 3.34. The molecule has 0 N–H and O–H groups in total. The molecule has 0 saturated heterocycles. The number of nitrogens with zero attached hydrogens (tertiary/aromatic N) is 1. The summed E-state index contributed by atoms with van der Waals surface area (Å²) in [4.78, 5) is 14.0. The molecule has 104 valence electrons. The van der Waals surface area contributed by atoms with Gasteiger partial charge < -0.3 is 9.69 Å². The average Bonchev–Trinajstić information content (AvgIpc) is 2.40. The topological polar surface area (TPSA) is 20.3 Å². The fraction of sp³-hybridized carbons (Fsp3) is 0.938. The molecule has 2 rings (SSSR count). The van der Waals surface area contributed by atoms with Gasteiger partial charge in [0.1, 0.15) is 6.29 Å². The molecule has 0 atom stereocenters. The van der Waals surface area contributed by atoms with Gasteiger partial charge in [-0.25, -0.2) is 0 Å². The Hall–Kier alpha value is -0.370.